The van der Waals surface area contributed by atoms with E-state index in [4.69, 9.17) is 9.98 Å². The molecular formula is C55H45N3S. The molecule has 10 rings (SSSR count). The first-order valence-corrected chi connectivity index (χ1v) is 21.6. The number of aryl methyl sites for hydroxylation is 1. The SMILES string of the molecule is CCC(C)/C(=N\C(=N/Cc1cccc(-c2ccccc2)c1)c1ccccc1)c1ccc(-c2cccc3c2c2ccccc2n3-c2ccc3sc4c(c3c2)CCC=C4)cc1. The Labute approximate surface area is 350 Å². The molecule has 2 heterocycles. The van der Waals surface area contributed by atoms with E-state index in [9.17, 15) is 0 Å². The van der Waals surface area contributed by atoms with Gasteiger partial charge in [-0.3, -0.25) is 4.99 Å². The Kier molecular flexibility index (Phi) is 9.93. The third-order valence-electron chi connectivity index (χ3n) is 11.9. The number of benzene rings is 7. The van der Waals surface area contributed by atoms with Gasteiger partial charge in [0.2, 0.25) is 0 Å². The Balaban J connectivity index is 1.03. The number of thiophene rings is 1. The standard InChI is InChI=1S/C55H45N3S/c1-3-37(2)54(57-55(42-19-8-5-9-20-42)56-36-38-16-14-21-43(34-38)39-17-6-4-7-18-39)41-30-28-40(29-31-41)45-24-15-26-50-53(45)47-23-10-12-25-49(47)58(50)44-32-33-52-48(35-44)46-22-11-13-27-51(46)59-52/h4-10,12-21,23-35,37H,3,11,22,36H2,1-2H3/b56-55-,57-54+. The number of amidine groups is 1. The van der Waals surface area contributed by atoms with Crippen LogP contribution in [0, 0.1) is 5.92 Å². The van der Waals surface area contributed by atoms with Crippen LogP contribution in [-0.4, -0.2) is 16.1 Å². The van der Waals surface area contributed by atoms with Crippen LogP contribution in [0.15, 0.2) is 186 Å². The Hall–Kier alpha value is -6.62. The first-order valence-electron chi connectivity index (χ1n) is 20.8. The molecule has 286 valence electrons. The zero-order valence-electron chi connectivity index (χ0n) is 33.5. The van der Waals surface area contributed by atoms with E-state index in [0.717, 1.165) is 47.5 Å². The summed E-state index contributed by atoms with van der Waals surface area (Å²) in [5, 5.41) is 3.93. The molecule has 1 atom stereocenters. The maximum absolute atomic E-state index is 5.42. The molecule has 4 heteroatoms. The van der Waals surface area contributed by atoms with Gasteiger partial charge in [-0.25, -0.2) is 4.99 Å². The predicted molar refractivity (Wildman–Crippen MR) is 254 cm³/mol. The van der Waals surface area contributed by atoms with E-state index >= 15 is 0 Å². The summed E-state index contributed by atoms with van der Waals surface area (Å²) in [6.45, 7) is 5.05. The lowest BCUT2D eigenvalue weighted by Gasteiger charge is -2.16. The van der Waals surface area contributed by atoms with Gasteiger partial charge in [0.1, 0.15) is 0 Å². The van der Waals surface area contributed by atoms with Crippen molar-refractivity contribution < 1.29 is 0 Å². The van der Waals surface area contributed by atoms with Crippen LogP contribution in [-0.2, 0) is 13.0 Å². The molecule has 0 saturated carbocycles. The normalized spacial score (nSPS) is 13.7. The lowest BCUT2D eigenvalue weighted by Crippen LogP contribution is -2.15. The smallest absolute Gasteiger partial charge is 0.155 e. The lowest BCUT2D eigenvalue weighted by molar-refractivity contribution is 0.741. The summed E-state index contributed by atoms with van der Waals surface area (Å²) < 4.78 is 3.82. The number of rotatable bonds is 9. The molecule has 0 radical (unpaired) electrons. The molecule has 0 spiro atoms. The van der Waals surface area contributed by atoms with Gasteiger partial charge in [-0.1, -0.05) is 153 Å². The van der Waals surface area contributed by atoms with Gasteiger partial charge in [-0.15, -0.1) is 11.3 Å². The van der Waals surface area contributed by atoms with Crippen molar-refractivity contribution in [3.05, 3.63) is 203 Å². The second-order valence-corrected chi connectivity index (χ2v) is 16.7. The first kappa shape index (κ1) is 36.7. The molecule has 2 aromatic heterocycles. The summed E-state index contributed by atoms with van der Waals surface area (Å²) in [6.07, 6.45) is 7.80. The van der Waals surface area contributed by atoms with Gasteiger partial charge in [-0.2, -0.15) is 0 Å². The van der Waals surface area contributed by atoms with E-state index in [1.807, 2.05) is 17.4 Å². The molecule has 0 aliphatic heterocycles. The number of fused-ring (bicyclic) bond motifs is 6. The molecule has 1 aliphatic rings. The minimum absolute atomic E-state index is 0.236. The van der Waals surface area contributed by atoms with Gasteiger partial charge >= 0.3 is 0 Å². The highest BCUT2D eigenvalue weighted by Gasteiger charge is 2.20. The number of allylic oxidation sites excluding steroid dienone is 1. The topological polar surface area (TPSA) is 29.6 Å². The first-order chi connectivity index (χ1) is 29.1. The van der Waals surface area contributed by atoms with E-state index in [0.29, 0.717) is 6.54 Å². The highest BCUT2D eigenvalue weighted by Crippen LogP contribution is 2.41. The number of aromatic nitrogens is 1. The second-order valence-electron chi connectivity index (χ2n) is 15.6. The van der Waals surface area contributed by atoms with Crippen LogP contribution in [0.3, 0.4) is 0 Å². The molecule has 59 heavy (non-hydrogen) atoms. The predicted octanol–water partition coefficient (Wildman–Crippen LogP) is 14.8. The maximum Gasteiger partial charge on any atom is 0.155 e. The van der Waals surface area contributed by atoms with E-state index in [1.54, 1.807) is 0 Å². The average molecular weight is 780 g/mol. The highest BCUT2D eigenvalue weighted by atomic mass is 32.1. The van der Waals surface area contributed by atoms with E-state index in [-0.39, 0.29) is 5.92 Å². The quantitative estimate of drug-likeness (QED) is 0.103. The van der Waals surface area contributed by atoms with Crippen molar-refractivity contribution in [2.24, 2.45) is 15.9 Å². The molecule has 7 aromatic carbocycles. The van der Waals surface area contributed by atoms with Crippen LogP contribution < -0.4 is 0 Å². The monoisotopic (exact) mass is 779 g/mol. The third kappa shape index (κ3) is 7.04. The molecular weight excluding hydrogens is 735 g/mol. The van der Waals surface area contributed by atoms with Crippen LogP contribution in [0.5, 0.6) is 0 Å². The van der Waals surface area contributed by atoms with Gasteiger partial charge in [0.05, 0.1) is 23.3 Å². The Morgan fingerprint density at radius 3 is 2.24 bits per heavy atom. The van der Waals surface area contributed by atoms with Crippen LogP contribution in [0.1, 0.15) is 53.8 Å². The van der Waals surface area contributed by atoms with Crippen molar-refractivity contribution in [1.82, 2.24) is 4.57 Å². The van der Waals surface area contributed by atoms with Crippen molar-refractivity contribution in [2.75, 3.05) is 0 Å². The van der Waals surface area contributed by atoms with E-state index in [2.05, 4.69) is 194 Å². The fraction of sp³-hybridized carbons (Fsp3) is 0.127. The molecule has 0 amide bonds. The van der Waals surface area contributed by atoms with Crippen molar-refractivity contribution >= 4 is 60.9 Å². The Morgan fingerprint density at radius 1 is 0.661 bits per heavy atom. The fourth-order valence-corrected chi connectivity index (χ4v) is 9.82. The van der Waals surface area contributed by atoms with Gasteiger partial charge in [0, 0.05) is 31.6 Å². The van der Waals surface area contributed by atoms with E-state index < -0.39 is 0 Å². The largest absolute Gasteiger partial charge is 0.309 e. The summed E-state index contributed by atoms with van der Waals surface area (Å²) in [4.78, 5) is 12.0. The second kappa shape index (κ2) is 16.0. The van der Waals surface area contributed by atoms with Crippen LogP contribution in [0.2, 0.25) is 0 Å². The molecule has 3 nitrogen and oxygen atoms in total. The molecule has 0 N–H and O–H groups in total. The van der Waals surface area contributed by atoms with Crippen molar-refractivity contribution in [1.29, 1.82) is 0 Å². The number of hydrogen-bond acceptors (Lipinski definition) is 2. The summed E-state index contributed by atoms with van der Waals surface area (Å²) >= 11 is 1.91. The third-order valence-corrected chi connectivity index (χ3v) is 13.0. The maximum atomic E-state index is 5.42. The summed E-state index contributed by atoms with van der Waals surface area (Å²) in [6, 6.07) is 61.3. The molecule has 0 fully saturated rings. The fourth-order valence-electron chi connectivity index (χ4n) is 8.65. The number of aliphatic imine (C=N–C) groups is 2. The summed E-state index contributed by atoms with van der Waals surface area (Å²) in [5.41, 5.74) is 14.3. The van der Waals surface area contributed by atoms with Crippen molar-refractivity contribution in [3.8, 4) is 27.9 Å². The Bertz CT molecular complexity index is 3050. The minimum atomic E-state index is 0.236. The van der Waals surface area contributed by atoms with Crippen molar-refractivity contribution in [2.45, 2.75) is 39.7 Å². The summed E-state index contributed by atoms with van der Waals surface area (Å²) in [7, 11) is 0. The molecule has 1 aliphatic carbocycles. The van der Waals surface area contributed by atoms with Gasteiger partial charge in [-0.05, 0) is 112 Å². The van der Waals surface area contributed by atoms with Gasteiger partial charge in [0.25, 0.3) is 0 Å². The molecule has 1 unspecified atom stereocenters. The molecule has 9 aromatic rings. The van der Waals surface area contributed by atoms with E-state index in [1.165, 1.54) is 70.3 Å². The van der Waals surface area contributed by atoms with Crippen molar-refractivity contribution in [3.63, 3.8) is 0 Å². The molecule has 0 saturated heterocycles. The average Bonchev–Trinajstić information content (AvgIpc) is 3.85. The van der Waals surface area contributed by atoms with Gasteiger partial charge in [0.15, 0.2) is 5.84 Å². The number of hydrogen-bond donors (Lipinski definition) is 0. The zero-order valence-corrected chi connectivity index (χ0v) is 34.3. The minimum Gasteiger partial charge on any atom is -0.309 e. The summed E-state index contributed by atoms with van der Waals surface area (Å²) in [5.74, 6) is 0.991. The van der Waals surface area contributed by atoms with Crippen LogP contribution in [0.25, 0.3) is 65.9 Å². The number of para-hydroxylation sites is 1. The highest BCUT2D eigenvalue weighted by molar-refractivity contribution is 7.20. The Morgan fingerprint density at radius 2 is 1.41 bits per heavy atom. The van der Waals surface area contributed by atoms with Crippen LogP contribution in [0.4, 0.5) is 0 Å². The van der Waals surface area contributed by atoms with Crippen LogP contribution >= 0.6 is 11.3 Å². The number of nitrogens with zero attached hydrogens (tertiary/aromatic N) is 3. The van der Waals surface area contributed by atoms with Gasteiger partial charge < -0.3 is 4.57 Å². The zero-order chi connectivity index (χ0) is 39.7. The lowest BCUT2D eigenvalue weighted by atomic mass is 9.93. The molecule has 0 bridgehead atoms.